The number of halogens is 3. The second kappa shape index (κ2) is 5.15. The third-order valence-corrected chi connectivity index (χ3v) is 2.81. The fourth-order valence-electron chi connectivity index (χ4n) is 1.84. The Morgan fingerprint density at radius 2 is 1.37 bits per heavy atom. The van der Waals surface area contributed by atoms with Crippen molar-refractivity contribution in [2.45, 2.75) is 12.1 Å². The van der Waals surface area contributed by atoms with Gasteiger partial charge in [0.15, 0.2) is 5.92 Å². The molecule has 0 aliphatic heterocycles. The van der Waals surface area contributed by atoms with Gasteiger partial charge in [0.1, 0.15) is 0 Å². The van der Waals surface area contributed by atoms with Crippen molar-refractivity contribution in [2.24, 2.45) is 0 Å². The van der Waals surface area contributed by atoms with E-state index in [1.54, 1.807) is 12.1 Å². The minimum atomic E-state index is -4.54. The number of hydrogen-bond acceptors (Lipinski definition) is 1. The molecule has 0 N–H and O–H groups in total. The first kappa shape index (κ1) is 13.2. The quantitative estimate of drug-likeness (QED) is 0.779. The van der Waals surface area contributed by atoms with Crippen molar-refractivity contribution in [3.05, 3.63) is 60.2 Å². The molecule has 19 heavy (non-hydrogen) atoms. The molecule has 96 valence electrons. The van der Waals surface area contributed by atoms with Crippen LogP contribution in [0.15, 0.2) is 54.6 Å². The highest BCUT2D eigenvalue weighted by atomic mass is 19.4. The predicted molar refractivity (Wildman–Crippen MR) is 66.3 cm³/mol. The van der Waals surface area contributed by atoms with Crippen LogP contribution in [-0.2, 0) is 0 Å². The number of benzene rings is 2. The lowest BCUT2D eigenvalue weighted by Gasteiger charge is -2.13. The molecule has 0 radical (unpaired) electrons. The van der Waals surface area contributed by atoms with E-state index in [1.165, 1.54) is 18.2 Å². The van der Waals surface area contributed by atoms with E-state index in [-0.39, 0.29) is 5.56 Å². The molecule has 1 nitrogen and oxygen atoms in total. The van der Waals surface area contributed by atoms with Gasteiger partial charge in [0.25, 0.3) is 0 Å². The van der Waals surface area contributed by atoms with Gasteiger partial charge in [-0.25, -0.2) is 0 Å². The lowest BCUT2D eigenvalue weighted by molar-refractivity contribution is -0.137. The molecule has 1 atom stereocenters. The van der Waals surface area contributed by atoms with Crippen molar-refractivity contribution in [3.8, 4) is 17.2 Å². The van der Waals surface area contributed by atoms with Crippen molar-refractivity contribution in [1.29, 1.82) is 5.26 Å². The van der Waals surface area contributed by atoms with Gasteiger partial charge in [0, 0.05) is 0 Å². The van der Waals surface area contributed by atoms with Gasteiger partial charge < -0.3 is 0 Å². The molecule has 0 aliphatic carbocycles. The summed E-state index contributed by atoms with van der Waals surface area (Å²) in [6.07, 6.45) is -4.54. The Labute approximate surface area is 108 Å². The first-order chi connectivity index (χ1) is 9.02. The Kier molecular flexibility index (Phi) is 3.57. The van der Waals surface area contributed by atoms with Crippen LogP contribution in [0.1, 0.15) is 11.5 Å². The van der Waals surface area contributed by atoms with Gasteiger partial charge >= 0.3 is 6.18 Å². The maximum atomic E-state index is 12.6. The Hall–Kier alpha value is -2.28. The summed E-state index contributed by atoms with van der Waals surface area (Å²) in [5.41, 5.74) is 1.72. The molecule has 0 aliphatic rings. The Balaban J connectivity index is 2.32. The minimum absolute atomic E-state index is 0.0327. The summed E-state index contributed by atoms with van der Waals surface area (Å²) >= 11 is 0. The van der Waals surface area contributed by atoms with Crippen molar-refractivity contribution >= 4 is 0 Å². The molecule has 0 amide bonds. The summed E-state index contributed by atoms with van der Waals surface area (Å²) in [7, 11) is 0. The van der Waals surface area contributed by atoms with E-state index in [9.17, 15) is 13.2 Å². The molecule has 0 saturated carbocycles. The molecular weight excluding hydrogens is 251 g/mol. The third-order valence-electron chi connectivity index (χ3n) is 2.81. The Morgan fingerprint density at radius 3 is 1.84 bits per heavy atom. The fraction of sp³-hybridized carbons (Fsp3) is 0.133. The number of rotatable bonds is 2. The molecule has 2 aromatic carbocycles. The van der Waals surface area contributed by atoms with E-state index < -0.39 is 12.1 Å². The summed E-state index contributed by atoms with van der Waals surface area (Å²) in [6.45, 7) is 0. The second-order valence-corrected chi connectivity index (χ2v) is 4.09. The van der Waals surface area contributed by atoms with Crippen molar-refractivity contribution in [2.75, 3.05) is 0 Å². The van der Waals surface area contributed by atoms with Crippen LogP contribution in [0.5, 0.6) is 0 Å². The van der Waals surface area contributed by atoms with E-state index in [2.05, 4.69) is 0 Å². The van der Waals surface area contributed by atoms with Crippen LogP contribution in [0.3, 0.4) is 0 Å². The molecule has 2 aromatic rings. The van der Waals surface area contributed by atoms with Crippen molar-refractivity contribution in [1.82, 2.24) is 0 Å². The summed E-state index contributed by atoms with van der Waals surface area (Å²) in [6, 6.07) is 16.5. The number of alkyl halides is 3. The number of hydrogen-bond donors (Lipinski definition) is 0. The predicted octanol–water partition coefficient (Wildman–Crippen LogP) is 4.52. The van der Waals surface area contributed by atoms with Crippen molar-refractivity contribution < 1.29 is 13.2 Å². The zero-order valence-corrected chi connectivity index (χ0v) is 9.85. The highest BCUT2D eigenvalue weighted by Crippen LogP contribution is 2.34. The van der Waals surface area contributed by atoms with Crippen LogP contribution in [0.4, 0.5) is 13.2 Å². The molecular formula is C15H10F3N. The molecule has 0 aromatic heterocycles. The van der Waals surface area contributed by atoms with Crippen LogP contribution in [0, 0.1) is 11.3 Å². The molecule has 2 rings (SSSR count). The van der Waals surface area contributed by atoms with Gasteiger partial charge in [-0.15, -0.1) is 0 Å². The van der Waals surface area contributed by atoms with E-state index in [0.29, 0.717) is 0 Å². The summed E-state index contributed by atoms with van der Waals surface area (Å²) < 4.78 is 37.8. The van der Waals surface area contributed by atoms with Gasteiger partial charge in [-0.05, 0) is 16.7 Å². The normalized spacial score (nSPS) is 12.7. The SMILES string of the molecule is N#CC(c1ccc(-c2ccccc2)cc1)C(F)(F)F. The average molecular weight is 261 g/mol. The fourth-order valence-corrected chi connectivity index (χ4v) is 1.84. The molecule has 1 unspecified atom stereocenters. The van der Waals surface area contributed by atoms with Gasteiger partial charge in [-0.3, -0.25) is 0 Å². The first-order valence-electron chi connectivity index (χ1n) is 5.64. The number of nitrogens with zero attached hydrogens (tertiary/aromatic N) is 1. The van der Waals surface area contributed by atoms with Gasteiger partial charge in [-0.1, -0.05) is 54.6 Å². The standard InChI is InChI=1S/C15H10F3N/c16-15(17,18)14(10-19)13-8-6-12(7-9-13)11-4-2-1-3-5-11/h1-9,14H. The van der Waals surface area contributed by atoms with Gasteiger partial charge in [-0.2, -0.15) is 18.4 Å². The highest BCUT2D eigenvalue weighted by Gasteiger charge is 2.40. The van der Waals surface area contributed by atoms with E-state index in [4.69, 9.17) is 5.26 Å². The third kappa shape index (κ3) is 2.94. The van der Waals surface area contributed by atoms with Crippen molar-refractivity contribution in [3.63, 3.8) is 0 Å². The van der Waals surface area contributed by atoms with Crippen LogP contribution >= 0.6 is 0 Å². The lowest BCUT2D eigenvalue weighted by Crippen LogP contribution is -2.19. The molecule has 0 fully saturated rings. The monoisotopic (exact) mass is 261 g/mol. The smallest absolute Gasteiger partial charge is 0.197 e. The second-order valence-electron chi connectivity index (χ2n) is 4.09. The van der Waals surface area contributed by atoms with Crippen LogP contribution in [0.2, 0.25) is 0 Å². The summed E-state index contributed by atoms with van der Waals surface area (Å²) in [5.74, 6) is -2.07. The average Bonchev–Trinajstić information content (AvgIpc) is 2.40. The van der Waals surface area contributed by atoms with E-state index in [0.717, 1.165) is 11.1 Å². The highest BCUT2D eigenvalue weighted by molar-refractivity contribution is 5.63. The van der Waals surface area contributed by atoms with Crippen LogP contribution in [-0.4, -0.2) is 6.18 Å². The molecule has 0 bridgehead atoms. The largest absolute Gasteiger partial charge is 0.408 e. The van der Waals surface area contributed by atoms with Crippen LogP contribution < -0.4 is 0 Å². The topological polar surface area (TPSA) is 23.8 Å². The van der Waals surface area contributed by atoms with E-state index >= 15 is 0 Å². The van der Waals surface area contributed by atoms with Gasteiger partial charge in [0.05, 0.1) is 6.07 Å². The maximum absolute atomic E-state index is 12.6. The molecule has 4 heteroatoms. The minimum Gasteiger partial charge on any atom is -0.197 e. The van der Waals surface area contributed by atoms with Gasteiger partial charge in [0.2, 0.25) is 0 Å². The maximum Gasteiger partial charge on any atom is 0.408 e. The zero-order chi connectivity index (χ0) is 13.9. The zero-order valence-electron chi connectivity index (χ0n) is 9.85. The molecule has 0 spiro atoms. The molecule has 0 saturated heterocycles. The first-order valence-corrected chi connectivity index (χ1v) is 5.64. The summed E-state index contributed by atoms with van der Waals surface area (Å²) in [4.78, 5) is 0. The molecule has 0 heterocycles. The Morgan fingerprint density at radius 1 is 0.842 bits per heavy atom. The number of nitriles is 1. The summed E-state index contributed by atoms with van der Waals surface area (Å²) in [5, 5.41) is 8.63. The Bertz CT molecular complexity index is 580. The van der Waals surface area contributed by atoms with E-state index in [1.807, 2.05) is 30.3 Å². The van der Waals surface area contributed by atoms with Crippen LogP contribution in [0.25, 0.3) is 11.1 Å². The lowest BCUT2D eigenvalue weighted by atomic mass is 9.97.